The highest BCUT2D eigenvalue weighted by atomic mass is 32.2. The Hall–Kier alpha value is -0.620. The number of sulfone groups is 1. The Balaban J connectivity index is 4.06. The van der Waals surface area contributed by atoms with Crippen molar-refractivity contribution in [1.82, 2.24) is 5.32 Å². The Morgan fingerprint density at radius 3 is 2.27 bits per heavy atom. The molecule has 1 atom stereocenters. The summed E-state index contributed by atoms with van der Waals surface area (Å²) in [6.45, 7) is 5.98. The molecule has 1 unspecified atom stereocenters. The predicted molar refractivity (Wildman–Crippen MR) is 60.2 cm³/mol. The summed E-state index contributed by atoms with van der Waals surface area (Å²) in [5, 5.41) is 2.55. The van der Waals surface area contributed by atoms with Gasteiger partial charge in [0.05, 0.1) is 5.75 Å². The lowest BCUT2D eigenvalue weighted by atomic mass is 10.2. The molecular formula is C9H20N2O3S. The van der Waals surface area contributed by atoms with Gasteiger partial charge in [-0.15, -0.1) is 0 Å². The minimum Gasteiger partial charge on any atom is -0.355 e. The lowest BCUT2D eigenvalue weighted by Crippen LogP contribution is -2.36. The van der Waals surface area contributed by atoms with Gasteiger partial charge in [-0.3, -0.25) is 4.79 Å². The number of carbonyl (C=O) groups excluding carboxylic acids is 1. The third kappa shape index (κ3) is 8.38. The van der Waals surface area contributed by atoms with Crippen LogP contribution in [-0.2, 0) is 14.6 Å². The highest BCUT2D eigenvalue weighted by Crippen LogP contribution is 1.94. The van der Waals surface area contributed by atoms with Crippen LogP contribution in [0.2, 0.25) is 0 Å². The summed E-state index contributed by atoms with van der Waals surface area (Å²) in [5.74, 6) is -0.766. The molecule has 0 heterocycles. The first-order chi connectivity index (χ1) is 6.73. The van der Waals surface area contributed by atoms with Crippen LogP contribution in [-0.4, -0.2) is 38.4 Å². The van der Waals surface area contributed by atoms with Crippen LogP contribution in [0.25, 0.3) is 0 Å². The summed E-state index contributed by atoms with van der Waals surface area (Å²) in [6, 6.07) is -0.437. The van der Waals surface area contributed by atoms with Crippen LogP contribution in [0.4, 0.5) is 0 Å². The predicted octanol–water partition coefficient (Wildman–Crippen LogP) is -0.479. The number of hydrogen-bond donors (Lipinski definition) is 2. The number of rotatable bonds is 6. The maximum absolute atomic E-state index is 11.4. The molecule has 0 aliphatic rings. The molecule has 0 aromatic carbocycles. The molecule has 0 aromatic heterocycles. The molecule has 5 nitrogen and oxygen atoms in total. The van der Waals surface area contributed by atoms with Gasteiger partial charge in [0.15, 0.2) is 9.84 Å². The van der Waals surface area contributed by atoms with Crippen LogP contribution < -0.4 is 11.1 Å². The molecule has 0 saturated carbocycles. The zero-order valence-corrected chi connectivity index (χ0v) is 10.3. The second-order valence-electron chi connectivity index (χ2n) is 4.23. The first-order valence-corrected chi connectivity index (χ1v) is 6.78. The molecule has 1 amide bonds. The number of amides is 1. The molecule has 0 saturated heterocycles. The first-order valence-electron chi connectivity index (χ1n) is 4.95. The zero-order valence-electron chi connectivity index (χ0n) is 9.49. The summed E-state index contributed by atoms with van der Waals surface area (Å²) in [6.07, 6.45) is 0. The number of nitrogens with two attached hydrogens (primary N) is 1. The Morgan fingerprint density at radius 2 is 1.87 bits per heavy atom. The fourth-order valence-electron chi connectivity index (χ4n) is 1.03. The van der Waals surface area contributed by atoms with Gasteiger partial charge in [-0.25, -0.2) is 8.42 Å². The van der Waals surface area contributed by atoms with E-state index in [9.17, 15) is 13.2 Å². The van der Waals surface area contributed by atoms with Gasteiger partial charge in [-0.2, -0.15) is 0 Å². The van der Waals surface area contributed by atoms with Crippen molar-refractivity contribution in [2.24, 2.45) is 11.7 Å². The van der Waals surface area contributed by atoms with Gasteiger partial charge in [-0.05, 0) is 12.8 Å². The number of hydrogen-bond acceptors (Lipinski definition) is 4. The molecule has 90 valence electrons. The summed E-state index contributed by atoms with van der Waals surface area (Å²) in [5.41, 5.74) is 5.37. The summed E-state index contributed by atoms with van der Waals surface area (Å²) in [7, 11) is -3.37. The highest BCUT2D eigenvalue weighted by molar-refractivity contribution is 7.92. The van der Waals surface area contributed by atoms with E-state index in [-0.39, 0.29) is 5.75 Å². The van der Waals surface area contributed by atoms with Crippen LogP contribution in [0.15, 0.2) is 0 Å². The molecular weight excluding hydrogens is 216 g/mol. The lowest BCUT2D eigenvalue weighted by molar-refractivity contribution is -0.118. The van der Waals surface area contributed by atoms with E-state index < -0.39 is 27.5 Å². The first kappa shape index (κ1) is 14.4. The van der Waals surface area contributed by atoms with E-state index in [1.54, 1.807) is 6.92 Å². The molecule has 0 fully saturated rings. The third-order valence-corrected chi connectivity index (χ3v) is 3.31. The topological polar surface area (TPSA) is 89.3 Å². The van der Waals surface area contributed by atoms with Crippen molar-refractivity contribution in [3.63, 3.8) is 0 Å². The normalized spacial score (nSPS) is 13.9. The molecule has 0 rings (SSSR count). The van der Waals surface area contributed by atoms with E-state index in [1.165, 1.54) is 0 Å². The van der Waals surface area contributed by atoms with Crippen molar-refractivity contribution in [3.05, 3.63) is 0 Å². The molecule has 0 bridgehead atoms. The summed E-state index contributed by atoms with van der Waals surface area (Å²) >= 11 is 0. The van der Waals surface area contributed by atoms with Crippen molar-refractivity contribution in [2.75, 3.05) is 18.1 Å². The van der Waals surface area contributed by atoms with Gasteiger partial charge in [0, 0.05) is 12.6 Å². The average molecular weight is 236 g/mol. The van der Waals surface area contributed by atoms with Crippen LogP contribution in [0.3, 0.4) is 0 Å². The number of nitrogens with one attached hydrogen (secondary N) is 1. The van der Waals surface area contributed by atoms with E-state index in [1.807, 2.05) is 13.8 Å². The van der Waals surface area contributed by atoms with E-state index in [0.29, 0.717) is 12.5 Å². The van der Waals surface area contributed by atoms with Crippen LogP contribution in [0.5, 0.6) is 0 Å². The minimum atomic E-state index is -3.37. The van der Waals surface area contributed by atoms with Gasteiger partial charge in [0.25, 0.3) is 0 Å². The third-order valence-electron chi connectivity index (χ3n) is 1.58. The molecule has 6 heteroatoms. The van der Waals surface area contributed by atoms with Gasteiger partial charge >= 0.3 is 0 Å². The van der Waals surface area contributed by atoms with Crippen LogP contribution >= 0.6 is 0 Å². The Bertz CT molecular complexity index is 296. The zero-order chi connectivity index (χ0) is 12.1. The molecule has 0 aromatic rings. The second-order valence-corrected chi connectivity index (χ2v) is 6.34. The van der Waals surface area contributed by atoms with E-state index in [2.05, 4.69) is 5.32 Å². The monoisotopic (exact) mass is 236 g/mol. The van der Waals surface area contributed by atoms with E-state index in [0.717, 1.165) is 0 Å². The lowest BCUT2D eigenvalue weighted by Gasteiger charge is -2.09. The highest BCUT2D eigenvalue weighted by Gasteiger charge is 2.18. The van der Waals surface area contributed by atoms with Crippen molar-refractivity contribution in [2.45, 2.75) is 26.8 Å². The standard InChI is InChI=1S/C9H20N2O3S/c1-7(2)4-11-9(12)6-15(13,14)5-8(3)10/h7-8H,4-6,10H2,1-3H3,(H,11,12). The average Bonchev–Trinajstić information content (AvgIpc) is 1.96. The maximum atomic E-state index is 11.4. The van der Waals surface area contributed by atoms with Gasteiger partial charge < -0.3 is 11.1 Å². The van der Waals surface area contributed by atoms with Crippen molar-refractivity contribution >= 4 is 15.7 Å². The van der Waals surface area contributed by atoms with Crippen molar-refractivity contribution < 1.29 is 13.2 Å². The van der Waals surface area contributed by atoms with Crippen molar-refractivity contribution in [3.8, 4) is 0 Å². The Labute approximate surface area is 91.3 Å². The summed E-state index contributed by atoms with van der Waals surface area (Å²) < 4.78 is 22.7. The smallest absolute Gasteiger partial charge is 0.235 e. The van der Waals surface area contributed by atoms with E-state index >= 15 is 0 Å². The second kappa shape index (κ2) is 6.07. The molecule has 0 spiro atoms. The Kier molecular flexibility index (Phi) is 5.82. The van der Waals surface area contributed by atoms with E-state index in [4.69, 9.17) is 5.73 Å². The molecule has 0 radical (unpaired) electrons. The fourth-order valence-corrected chi connectivity index (χ4v) is 2.45. The largest absolute Gasteiger partial charge is 0.355 e. The SMILES string of the molecule is CC(C)CNC(=O)CS(=O)(=O)CC(C)N. The maximum Gasteiger partial charge on any atom is 0.235 e. The quantitative estimate of drug-likeness (QED) is 0.652. The molecule has 0 aliphatic carbocycles. The van der Waals surface area contributed by atoms with Gasteiger partial charge in [0.1, 0.15) is 5.75 Å². The number of carbonyl (C=O) groups is 1. The molecule has 3 N–H and O–H groups in total. The minimum absolute atomic E-state index is 0.151. The fraction of sp³-hybridized carbons (Fsp3) is 0.889. The van der Waals surface area contributed by atoms with Gasteiger partial charge in [-0.1, -0.05) is 13.8 Å². The Morgan fingerprint density at radius 1 is 1.33 bits per heavy atom. The molecule has 15 heavy (non-hydrogen) atoms. The summed E-state index contributed by atoms with van der Waals surface area (Å²) in [4.78, 5) is 11.2. The molecule has 0 aliphatic heterocycles. The van der Waals surface area contributed by atoms with Crippen molar-refractivity contribution in [1.29, 1.82) is 0 Å². The van der Waals surface area contributed by atoms with Crippen LogP contribution in [0.1, 0.15) is 20.8 Å². The van der Waals surface area contributed by atoms with Gasteiger partial charge in [0.2, 0.25) is 5.91 Å². The van der Waals surface area contributed by atoms with Crippen LogP contribution in [0, 0.1) is 5.92 Å².